The van der Waals surface area contributed by atoms with Crippen LogP contribution in [-0.4, -0.2) is 43.5 Å². The van der Waals surface area contributed by atoms with Crippen LogP contribution in [0.2, 0.25) is 0 Å². The van der Waals surface area contributed by atoms with E-state index in [4.69, 9.17) is 0 Å². The van der Waals surface area contributed by atoms with Crippen LogP contribution in [-0.2, 0) is 9.59 Å². The number of anilines is 2. The number of benzene rings is 3. The standard InChI is InChI=1S/C26H22N6O2S3/c1-16-7-9-18(10-8-16)27-23(34)15-36-26-29-20-12-11-19(13-21(20)37-26)28-22(33)14-35-25-30-24(31-32-25)17-5-3-2-4-6-17/h2-13H,14-15H2,1H3,(H,27,34)(H,28,33)(H,30,31,32). The third-order valence-electron chi connectivity index (χ3n) is 5.16. The molecule has 0 radical (unpaired) electrons. The Balaban J connectivity index is 1.12. The van der Waals surface area contributed by atoms with Gasteiger partial charge < -0.3 is 10.6 Å². The van der Waals surface area contributed by atoms with Crippen LogP contribution in [0.4, 0.5) is 11.4 Å². The Morgan fingerprint density at radius 1 is 0.865 bits per heavy atom. The number of amides is 2. The number of aryl methyl sites for hydroxylation is 1. The van der Waals surface area contributed by atoms with Gasteiger partial charge in [-0.1, -0.05) is 71.6 Å². The summed E-state index contributed by atoms with van der Waals surface area (Å²) in [6.07, 6.45) is 0. The minimum atomic E-state index is -0.151. The summed E-state index contributed by atoms with van der Waals surface area (Å²) < 4.78 is 1.74. The number of hydrogen-bond acceptors (Lipinski definition) is 8. The molecular formula is C26H22N6O2S3. The molecular weight excluding hydrogens is 525 g/mol. The van der Waals surface area contributed by atoms with Crippen molar-refractivity contribution >= 4 is 68.3 Å². The summed E-state index contributed by atoms with van der Waals surface area (Å²) in [5.74, 6) is 0.884. The molecule has 0 unspecified atom stereocenters. The van der Waals surface area contributed by atoms with E-state index in [1.54, 1.807) is 0 Å². The van der Waals surface area contributed by atoms with E-state index >= 15 is 0 Å². The Bertz CT molecular complexity index is 1530. The Labute approximate surface area is 225 Å². The highest BCUT2D eigenvalue weighted by molar-refractivity contribution is 8.01. The first-order chi connectivity index (χ1) is 18.0. The molecule has 2 heterocycles. The summed E-state index contributed by atoms with van der Waals surface area (Å²) in [5, 5.41) is 13.4. The van der Waals surface area contributed by atoms with Crippen molar-refractivity contribution in [3.63, 3.8) is 0 Å². The van der Waals surface area contributed by atoms with Gasteiger partial charge in [-0.05, 0) is 37.3 Å². The van der Waals surface area contributed by atoms with Crippen molar-refractivity contribution in [2.24, 2.45) is 0 Å². The molecule has 0 saturated heterocycles. The second kappa shape index (κ2) is 11.6. The van der Waals surface area contributed by atoms with Crippen LogP contribution in [0, 0.1) is 6.92 Å². The molecule has 3 aromatic carbocycles. The first-order valence-corrected chi connectivity index (χ1v) is 14.1. The highest BCUT2D eigenvalue weighted by Crippen LogP contribution is 2.31. The fraction of sp³-hybridized carbons (Fsp3) is 0.115. The minimum absolute atomic E-state index is 0.0825. The normalized spacial score (nSPS) is 10.9. The number of carbonyl (C=O) groups is 2. The van der Waals surface area contributed by atoms with Gasteiger partial charge in [-0.3, -0.25) is 14.7 Å². The van der Waals surface area contributed by atoms with Gasteiger partial charge in [0.1, 0.15) is 0 Å². The third-order valence-corrected chi connectivity index (χ3v) is 8.17. The maximum absolute atomic E-state index is 12.5. The second-order valence-electron chi connectivity index (χ2n) is 8.03. The summed E-state index contributed by atoms with van der Waals surface area (Å²) in [4.78, 5) is 33.8. The van der Waals surface area contributed by atoms with Crippen molar-refractivity contribution in [3.8, 4) is 11.4 Å². The number of nitrogens with one attached hydrogen (secondary N) is 3. The number of nitrogens with zero attached hydrogens (tertiary/aromatic N) is 3. The lowest BCUT2D eigenvalue weighted by molar-refractivity contribution is -0.114. The molecule has 0 bridgehead atoms. The lowest BCUT2D eigenvalue weighted by Crippen LogP contribution is -2.14. The number of H-pyrrole nitrogens is 1. The van der Waals surface area contributed by atoms with Crippen LogP contribution in [0.15, 0.2) is 82.3 Å². The smallest absolute Gasteiger partial charge is 0.234 e. The van der Waals surface area contributed by atoms with Crippen LogP contribution >= 0.6 is 34.9 Å². The van der Waals surface area contributed by atoms with E-state index in [-0.39, 0.29) is 23.3 Å². The number of thiazole rings is 1. The monoisotopic (exact) mass is 546 g/mol. The van der Waals surface area contributed by atoms with Gasteiger partial charge >= 0.3 is 0 Å². The summed E-state index contributed by atoms with van der Waals surface area (Å²) in [7, 11) is 0. The molecule has 8 nitrogen and oxygen atoms in total. The number of rotatable bonds is 9. The van der Waals surface area contributed by atoms with Gasteiger partial charge in [0, 0.05) is 16.9 Å². The number of aromatic nitrogens is 4. The van der Waals surface area contributed by atoms with E-state index in [0.717, 1.165) is 31.4 Å². The number of hydrogen-bond donors (Lipinski definition) is 3. The summed E-state index contributed by atoms with van der Waals surface area (Å²) in [5.41, 5.74) is 4.37. The SMILES string of the molecule is Cc1ccc(NC(=O)CSc2nc3ccc(NC(=O)CSc4n[nH]c(-c5ccccc5)n4)cc3s2)cc1. The molecule has 11 heteroatoms. The van der Waals surface area contributed by atoms with E-state index in [1.807, 2.05) is 79.7 Å². The summed E-state index contributed by atoms with van der Waals surface area (Å²) in [6.45, 7) is 2.00. The molecule has 5 rings (SSSR count). The molecule has 5 aromatic rings. The molecule has 0 spiro atoms. The van der Waals surface area contributed by atoms with Gasteiger partial charge in [-0.2, -0.15) is 0 Å². The van der Waals surface area contributed by atoms with E-state index in [1.165, 1.54) is 34.9 Å². The van der Waals surface area contributed by atoms with Crippen molar-refractivity contribution in [1.29, 1.82) is 0 Å². The topological polar surface area (TPSA) is 113 Å². The molecule has 0 saturated carbocycles. The van der Waals surface area contributed by atoms with Gasteiger partial charge in [0.15, 0.2) is 10.2 Å². The van der Waals surface area contributed by atoms with Crippen molar-refractivity contribution < 1.29 is 9.59 Å². The Kier molecular flexibility index (Phi) is 7.83. The lowest BCUT2D eigenvalue weighted by atomic mass is 10.2. The van der Waals surface area contributed by atoms with Gasteiger partial charge in [0.05, 0.1) is 21.7 Å². The van der Waals surface area contributed by atoms with Crippen LogP contribution in [0.3, 0.4) is 0 Å². The van der Waals surface area contributed by atoms with E-state index < -0.39 is 0 Å². The first-order valence-electron chi connectivity index (χ1n) is 11.3. The molecule has 0 aliphatic heterocycles. The quantitative estimate of drug-likeness (QED) is 0.199. The third kappa shape index (κ3) is 6.76. The van der Waals surface area contributed by atoms with E-state index in [9.17, 15) is 9.59 Å². The van der Waals surface area contributed by atoms with Crippen LogP contribution in [0.5, 0.6) is 0 Å². The average Bonchev–Trinajstić information content (AvgIpc) is 3.55. The van der Waals surface area contributed by atoms with Gasteiger partial charge in [-0.15, -0.1) is 16.4 Å². The zero-order valence-corrected chi connectivity index (χ0v) is 22.2. The molecule has 2 amide bonds. The Morgan fingerprint density at radius 3 is 2.35 bits per heavy atom. The second-order valence-corrected chi connectivity index (χ2v) is 11.2. The minimum Gasteiger partial charge on any atom is -0.325 e. The van der Waals surface area contributed by atoms with Crippen molar-refractivity contribution in [2.45, 2.75) is 16.4 Å². The zero-order valence-electron chi connectivity index (χ0n) is 19.7. The summed E-state index contributed by atoms with van der Waals surface area (Å²) in [6, 6.07) is 23.0. The molecule has 37 heavy (non-hydrogen) atoms. The maximum Gasteiger partial charge on any atom is 0.234 e. The molecule has 186 valence electrons. The highest BCUT2D eigenvalue weighted by atomic mass is 32.2. The maximum atomic E-state index is 12.5. The fourth-order valence-corrected chi connectivity index (χ4v) is 5.87. The predicted molar refractivity (Wildman–Crippen MR) is 151 cm³/mol. The molecule has 0 fully saturated rings. The van der Waals surface area contributed by atoms with E-state index in [0.29, 0.717) is 16.7 Å². The number of carbonyl (C=O) groups excluding carboxylic acids is 2. The van der Waals surface area contributed by atoms with E-state index in [2.05, 4.69) is 30.8 Å². The van der Waals surface area contributed by atoms with Crippen molar-refractivity contribution in [3.05, 3.63) is 78.4 Å². The van der Waals surface area contributed by atoms with Crippen LogP contribution in [0.1, 0.15) is 5.56 Å². The number of fused-ring (bicyclic) bond motifs is 1. The van der Waals surface area contributed by atoms with Gasteiger partial charge in [0.2, 0.25) is 17.0 Å². The van der Waals surface area contributed by atoms with Gasteiger partial charge in [-0.25, -0.2) is 9.97 Å². The number of thioether (sulfide) groups is 2. The molecule has 0 atom stereocenters. The summed E-state index contributed by atoms with van der Waals surface area (Å²) >= 11 is 4.15. The van der Waals surface area contributed by atoms with Crippen LogP contribution < -0.4 is 10.6 Å². The van der Waals surface area contributed by atoms with Gasteiger partial charge in [0.25, 0.3) is 0 Å². The largest absolute Gasteiger partial charge is 0.325 e. The van der Waals surface area contributed by atoms with Crippen molar-refractivity contribution in [2.75, 3.05) is 22.1 Å². The van der Waals surface area contributed by atoms with Crippen LogP contribution in [0.25, 0.3) is 21.6 Å². The Hall–Kier alpha value is -3.67. The lowest BCUT2D eigenvalue weighted by Gasteiger charge is -2.04. The first kappa shape index (κ1) is 25.0. The molecule has 3 N–H and O–H groups in total. The fourth-order valence-electron chi connectivity index (χ4n) is 3.37. The molecule has 0 aliphatic carbocycles. The highest BCUT2D eigenvalue weighted by Gasteiger charge is 2.12. The number of aromatic amines is 1. The predicted octanol–water partition coefficient (Wildman–Crippen LogP) is 5.85. The average molecular weight is 547 g/mol. The van der Waals surface area contributed by atoms with Crippen molar-refractivity contribution in [1.82, 2.24) is 20.2 Å². The Morgan fingerprint density at radius 2 is 1.57 bits per heavy atom. The zero-order chi connectivity index (χ0) is 25.6. The molecule has 2 aromatic heterocycles. The molecule has 0 aliphatic rings.